The molecule has 0 saturated carbocycles. The molecule has 100 valence electrons. The zero-order valence-corrected chi connectivity index (χ0v) is 12.8. The van der Waals surface area contributed by atoms with Crippen molar-refractivity contribution in [2.75, 3.05) is 6.61 Å². The quantitative estimate of drug-likeness (QED) is 0.706. The number of alkyl halides is 1. The highest BCUT2D eigenvalue weighted by molar-refractivity contribution is 6.21. The fourth-order valence-electron chi connectivity index (χ4n) is 2.96. The predicted molar refractivity (Wildman–Crippen MR) is 77.7 cm³/mol. The summed E-state index contributed by atoms with van der Waals surface area (Å²) in [6.07, 6.45) is 2.40. The zero-order valence-electron chi connectivity index (χ0n) is 12.1. The molecule has 1 heterocycles. The molecule has 0 aromatic heterocycles. The van der Waals surface area contributed by atoms with Gasteiger partial charge >= 0.3 is 0 Å². The molecule has 0 radical (unpaired) electrons. The summed E-state index contributed by atoms with van der Waals surface area (Å²) in [4.78, 5) is 0. The number of ether oxygens (including phenoxy) is 1. The van der Waals surface area contributed by atoms with E-state index < -0.39 is 0 Å². The Labute approximate surface area is 115 Å². The van der Waals surface area contributed by atoms with Crippen LogP contribution in [0.4, 0.5) is 0 Å². The van der Waals surface area contributed by atoms with Gasteiger partial charge in [0.15, 0.2) is 0 Å². The van der Waals surface area contributed by atoms with E-state index in [-0.39, 0.29) is 11.5 Å². The average Bonchev–Trinajstić information content (AvgIpc) is 2.88. The van der Waals surface area contributed by atoms with Crippen LogP contribution in [0.3, 0.4) is 0 Å². The number of benzene rings is 1. The Balaban J connectivity index is 2.49. The first-order chi connectivity index (χ1) is 8.45. The molecule has 0 amide bonds. The molecule has 18 heavy (non-hydrogen) atoms. The van der Waals surface area contributed by atoms with Crippen molar-refractivity contribution in [2.24, 2.45) is 0 Å². The molecule has 1 aromatic rings. The molecule has 0 aliphatic carbocycles. The van der Waals surface area contributed by atoms with Gasteiger partial charge in [0.25, 0.3) is 0 Å². The zero-order chi connectivity index (χ0) is 13.4. The minimum Gasteiger partial charge on any atom is -0.376 e. The lowest BCUT2D eigenvalue weighted by atomic mass is 9.86. The molecule has 1 aromatic carbocycles. The molecule has 1 saturated heterocycles. The Morgan fingerprint density at radius 3 is 1.89 bits per heavy atom. The number of hydrogen-bond donors (Lipinski definition) is 0. The van der Waals surface area contributed by atoms with Crippen LogP contribution >= 0.6 is 11.6 Å². The van der Waals surface area contributed by atoms with Crippen molar-refractivity contribution in [3.05, 3.63) is 33.4 Å². The summed E-state index contributed by atoms with van der Waals surface area (Å²) in [6, 6.07) is 0. The third-order valence-electron chi connectivity index (χ3n) is 4.63. The molecule has 2 unspecified atom stereocenters. The summed E-state index contributed by atoms with van der Waals surface area (Å²) in [5.74, 6) is 0. The van der Waals surface area contributed by atoms with Gasteiger partial charge < -0.3 is 4.74 Å². The lowest BCUT2D eigenvalue weighted by molar-refractivity contribution is 0.107. The van der Waals surface area contributed by atoms with Gasteiger partial charge in [-0.05, 0) is 80.8 Å². The second-order valence-corrected chi connectivity index (χ2v) is 5.96. The summed E-state index contributed by atoms with van der Waals surface area (Å²) in [6.45, 7) is 11.8. The van der Waals surface area contributed by atoms with Gasteiger partial charge in [-0.15, -0.1) is 11.6 Å². The predicted octanol–water partition coefficient (Wildman–Crippen LogP) is 4.69. The highest BCUT2D eigenvalue weighted by atomic mass is 35.5. The topological polar surface area (TPSA) is 9.23 Å². The normalized spacial score (nSPS) is 21.3. The SMILES string of the molecule is Cc1c(C)c(C)c(C(Cl)C2CCCO2)c(C)c1C. The van der Waals surface area contributed by atoms with Crippen molar-refractivity contribution >= 4 is 11.6 Å². The van der Waals surface area contributed by atoms with E-state index in [9.17, 15) is 0 Å². The van der Waals surface area contributed by atoms with Crippen molar-refractivity contribution in [3.63, 3.8) is 0 Å². The van der Waals surface area contributed by atoms with Crippen molar-refractivity contribution < 1.29 is 4.74 Å². The van der Waals surface area contributed by atoms with Gasteiger partial charge in [0.1, 0.15) is 0 Å². The van der Waals surface area contributed by atoms with Crippen LogP contribution in [0, 0.1) is 34.6 Å². The van der Waals surface area contributed by atoms with E-state index in [4.69, 9.17) is 16.3 Å². The minimum atomic E-state index is -0.00880. The maximum atomic E-state index is 6.69. The van der Waals surface area contributed by atoms with Crippen LogP contribution in [0.5, 0.6) is 0 Å². The summed E-state index contributed by atoms with van der Waals surface area (Å²) in [7, 11) is 0. The molecule has 1 aliphatic rings. The maximum Gasteiger partial charge on any atom is 0.0852 e. The molecule has 0 spiro atoms. The van der Waals surface area contributed by atoms with Crippen LogP contribution in [0.1, 0.15) is 51.6 Å². The van der Waals surface area contributed by atoms with E-state index in [1.165, 1.54) is 33.4 Å². The standard InChI is InChI=1S/C16H23ClO/c1-9-10(2)12(4)15(13(5)11(9)3)16(17)14-7-6-8-18-14/h14,16H,6-8H2,1-5H3. The number of hydrogen-bond acceptors (Lipinski definition) is 1. The Hall–Kier alpha value is -0.530. The Kier molecular flexibility index (Phi) is 4.03. The fraction of sp³-hybridized carbons (Fsp3) is 0.625. The molecular formula is C16H23ClO. The molecule has 1 nitrogen and oxygen atoms in total. The Bertz CT molecular complexity index is 430. The summed E-state index contributed by atoms with van der Waals surface area (Å²) >= 11 is 6.69. The lowest BCUT2D eigenvalue weighted by Crippen LogP contribution is -2.16. The Morgan fingerprint density at radius 1 is 0.944 bits per heavy atom. The molecule has 2 heteroatoms. The van der Waals surface area contributed by atoms with Crippen LogP contribution < -0.4 is 0 Å². The molecular weight excluding hydrogens is 244 g/mol. The van der Waals surface area contributed by atoms with Crippen LogP contribution in [-0.2, 0) is 4.74 Å². The summed E-state index contributed by atoms with van der Waals surface area (Å²) in [5, 5.41) is -0.00880. The van der Waals surface area contributed by atoms with Crippen LogP contribution in [0.2, 0.25) is 0 Å². The lowest BCUT2D eigenvalue weighted by Gasteiger charge is -2.25. The van der Waals surface area contributed by atoms with Crippen molar-refractivity contribution in [1.82, 2.24) is 0 Å². The van der Waals surface area contributed by atoms with E-state index in [2.05, 4.69) is 34.6 Å². The second kappa shape index (κ2) is 5.22. The first kappa shape index (κ1) is 13.9. The van der Waals surface area contributed by atoms with Crippen LogP contribution in [0.25, 0.3) is 0 Å². The number of rotatable bonds is 2. The average molecular weight is 267 g/mol. The second-order valence-electron chi connectivity index (χ2n) is 5.49. The first-order valence-corrected chi connectivity index (χ1v) is 7.21. The van der Waals surface area contributed by atoms with Crippen LogP contribution in [0.15, 0.2) is 0 Å². The molecule has 2 atom stereocenters. The molecule has 0 bridgehead atoms. The Morgan fingerprint density at radius 2 is 1.44 bits per heavy atom. The van der Waals surface area contributed by atoms with E-state index in [1.54, 1.807) is 0 Å². The van der Waals surface area contributed by atoms with Crippen molar-refractivity contribution in [3.8, 4) is 0 Å². The molecule has 0 N–H and O–H groups in total. The summed E-state index contributed by atoms with van der Waals surface area (Å²) < 4.78 is 5.76. The molecule has 1 fully saturated rings. The third kappa shape index (κ3) is 2.19. The van der Waals surface area contributed by atoms with E-state index in [1.807, 2.05) is 0 Å². The van der Waals surface area contributed by atoms with Gasteiger partial charge in [0.05, 0.1) is 11.5 Å². The van der Waals surface area contributed by atoms with Gasteiger partial charge in [0, 0.05) is 6.61 Å². The van der Waals surface area contributed by atoms with Gasteiger partial charge in [-0.2, -0.15) is 0 Å². The van der Waals surface area contributed by atoms with Crippen LogP contribution in [-0.4, -0.2) is 12.7 Å². The number of halogens is 1. The molecule has 2 rings (SSSR count). The fourth-order valence-corrected chi connectivity index (χ4v) is 3.49. The largest absolute Gasteiger partial charge is 0.376 e. The van der Waals surface area contributed by atoms with Gasteiger partial charge in [-0.1, -0.05) is 0 Å². The van der Waals surface area contributed by atoms with Crippen molar-refractivity contribution in [1.29, 1.82) is 0 Å². The smallest absolute Gasteiger partial charge is 0.0852 e. The van der Waals surface area contributed by atoms with E-state index >= 15 is 0 Å². The van der Waals surface area contributed by atoms with E-state index in [0.29, 0.717) is 0 Å². The van der Waals surface area contributed by atoms with Gasteiger partial charge in [-0.3, -0.25) is 0 Å². The summed E-state index contributed by atoms with van der Waals surface area (Å²) in [5.41, 5.74) is 8.11. The minimum absolute atomic E-state index is 0.00880. The highest BCUT2D eigenvalue weighted by Gasteiger charge is 2.29. The monoisotopic (exact) mass is 266 g/mol. The van der Waals surface area contributed by atoms with Crippen molar-refractivity contribution in [2.45, 2.75) is 58.9 Å². The van der Waals surface area contributed by atoms with Gasteiger partial charge in [0.2, 0.25) is 0 Å². The highest BCUT2D eigenvalue weighted by Crippen LogP contribution is 2.38. The van der Waals surface area contributed by atoms with E-state index in [0.717, 1.165) is 19.4 Å². The maximum absolute atomic E-state index is 6.69. The molecule has 1 aliphatic heterocycles. The first-order valence-electron chi connectivity index (χ1n) is 6.77. The third-order valence-corrected chi connectivity index (χ3v) is 5.12. The van der Waals surface area contributed by atoms with Gasteiger partial charge in [-0.25, -0.2) is 0 Å².